The minimum atomic E-state index is -4.17. The number of pyridine rings is 1. The lowest BCUT2D eigenvalue weighted by Gasteiger charge is -2.34. The average molecular weight is 514 g/mol. The number of amides is 2. The van der Waals surface area contributed by atoms with Crippen LogP contribution in [0.3, 0.4) is 0 Å². The van der Waals surface area contributed by atoms with Gasteiger partial charge in [-0.3, -0.25) is 14.7 Å². The molecule has 4 rings (SSSR count). The number of likely N-dealkylation sites (tertiary alicyclic amines) is 1. The lowest BCUT2D eigenvalue weighted by molar-refractivity contribution is -0.182. The molecule has 12 heteroatoms. The van der Waals surface area contributed by atoms with Gasteiger partial charge in [-0.15, -0.1) is 0 Å². The molecule has 2 aliphatic rings. The van der Waals surface area contributed by atoms with Gasteiger partial charge in [-0.25, -0.2) is 4.98 Å². The Morgan fingerprint density at radius 3 is 2.46 bits per heavy atom. The lowest BCUT2D eigenvalue weighted by atomic mass is 9.85. The normalized spacial score (nSPS) is 21.6. The Hall–Kier alpha value is -2.82. The van der Waals surface area contributed by atoms with Crippen molar-refractivity contribution < 1.29 is 27.5 Å². The fourth-order valence-electron chi connectivity index (χ4n) is 4.70. The molecular weight excluding hydrogens is 487 g/mol. The highest BCUT2D eigenvalue weighted by Gasteiger charge is 2.42. The SMILES string of the molecule is COc1cc(-c2cc(C(=O)N3CCC(C(=O)NC4CCC(C(F)(F)F)CC4)CC3)[nH]n2)c(Cl)cn1. The summed E-state index contributed by atoms with van der Waals surface area (Å²) >= 11 is 6.21. The molecule has 190 valence electrons. The number of hydrogen-bond acceptors (Lipinski definition) is 5. The second kappa shape index (κ2) is 10.4. The lowest BCUT2D eigenvalue weighted by Crippen LogP contribution is -2.46. The quantitative estimate of drug-likeness (QED) is 0.623. The number of carbonyl (C=O) groups is 2. The van der Waals surface area contributed by atoms with Crippen LogP contribution in [0.1, 0.15) is 49.0 Å². The van der Waals surface area contributed by atoms with Crippen LogP contribution in [0, 0.1) is 11.8 Å². The van der Waals surface area contributed by atoms with Crippen molar-refractivity contribution >= 4 is 23.4 Å². The molecule has 2 fully saturated rings. The Kier molecular flexibility index (Phi) is 7.53. The van der Waals surface area contributed by atoms with Crippen LogP contribution in [0.5, 0.6) is 5.88 Å². The van der Waals surface area contributed by atoms with E-state index < -0.39 is 12.1 Å². The van der Waals surface area contributed by atoms with E-state index in [4.69, 9.17) is 16.3 Å². The summed E-state index contributed by atoms with van der Waals surface area (Å²) in [6, 6.07) is 3.02. The van der Waals surface area contributed by atoms with E-state index in [0.29, 0.717) is 66.6 Å². The minimum Gasteiger partial charge on any atom is -0.481 e. The topological polar surface area (TPSA) is 100 Å². The summed E-state index contributed by atoms with van der Waals surface area (Å²) < 4.78 is 43.6. The van der Waals surface area contributed by atoms with Gasteiger partial charge >= 0.3 is 6.18 Å². The number of rotatable bonds is 5. The standard InChI is InChI=1S/C23H27ClF3N5O3/c1-35-20-10-16(17(24)12-28-20)18-11-19(31-30-18)22(34)32-8-6-13(7-9-32)21(33)29-15-4-2-14(3-5-15)23(25,26)27/h10-15H,2-9H2,1H3,(H,29,33)(H,30,31). The van der Waals surface area contributed by atoms with Gasteiger partial charge in [0, 0.05) is 36.7 Å². The van der Waals surface area contributed by atoms with Crippen LogP contribution in [0.2, 0.25) is 5.02 Å². The van der Waals surface area contributed by atoms with E-state index >= 15 is 0 Å². The van der Waals surface area contributed by atoms with Crippen molar-refractivity contribution in [3.63, 3.8) is 0 Å². The molecule has 2 aromatic rings. The number of nitrogens with one attached hydrogen (secondary N) is 2. The van der Waals surface area contributed by atoms with Gasteiger partial charge in [-0.1, -0.05) is 11.6 Å². The highest BCUT2D eigenvalue weighted by atomic mass is 35.5. The molecule has 3 heterocycles. The summed E-state index contributed by atoms with van der Waals surface area (Å²) in [5.74, 6) is -1.54. The number of H-pyrrole nitrogens is 1. The summed E-state index contributed by atoms with van der Waals surface area (Å²) in [5, 5.41) is 10.2. The summed E-state index contributed by atoms with van der Waals surface area (Å²) in [5.41, 5.74) is 1.36. The summed E-state index contributed by atoms with van der Waals surface area (Å²) in [4.78, 5) is 31.3. The summed E-state index contributed by atoms with van der Waals surface area (Å²) in [7, 11) is 1.49. The van der Waals surface area contributed by atoms with E-state index in [-0.39, 0.29) is 36.6 Å². The van der Waals surface area contributed by atoms with Gasteiger partial charge in [-0.2, -0.15) is 18.3 Å². The molecule has 1 saturated heterocycles. The smallest absolute Gasteiger partial charge is 0.391 e. The average Bonchev–Trinajstić information content (AvgIpc) is 3.34. The molecule has 2 amide bonds. The minimum absolute atomic E-state index is 0.0467. The first-order valence-corrected chi connectivity index (χ1v) is 11.9. The van der Waals surface area contributed by atoms with Crippen LogP contribution in [0.25, 0.3) is 11.3 Å². The number of halogens is 4. The van der Waals surface area contributed by atoms with Crippen LogP contribution in [-0.4, -0.2) is 64.3 Å². The number of carbonyl (C=O) groups excluding carboxylic acids is 2. The van der Waals surface area contributed by atoms with Crippen molar-refractivity contribution in [3.05, 3.63) is 29.0 Å². The van der Waals surface area contributed by atoms with E-state index in [9.17, 15) is 22.8 Å². The number of piperidine rings is 1. The van der Waals surface area contributed by atoms with Gasteiger partial charge in [0.1, 0.15) is 5.69 Å². The molecule has 0 atom stereocenters. The number of aromatic amines is 1. The molecule has 0 bridgehead atoms. The van der Waals surface area contributed by atoms with Crippen LogP contribution in [-0.2, 0) is 4.79 Å². The first-order chi connectivity index (χ1) is 16.7. The molecule has 0 radical (unpaired) electrons. The number of ether oxygens (including phenoxy) is 1. The molecule has 1 saturated carbocycles. The number of aromatic nitrogens is 3. The number of hydrogen-bond donors (Lipinski definition) is 2. The van der Waals surface area contributed by atoms with Crippen LogP contribution in [0.4, 0.5) is 13.2 Å². The predicted molar refractivity (Wildman–Crippen MR) is 122 cm³/mol. The van der Waals surface area contributed by atoms with Gasteiger partial charge in [-0.05, 0) is 44.6 Å². The third-order valence-electron chi connectivity index (χ3n) is 6.81. The Balaban J connectivity index is 1.28. The molecule has 0 aromatic carbocycles. The van der Waals surface area contributed by atoms with Crippen LogP contribution >= 0.6 is 11.6 Å². The molecule has 35 heavy (non-hydrogen) atoms. The van der Waals surface area contributed by atoms with Crippen molar-refractivity contribution in [2.75, 3.05) is 20.2 Å². The predicted octanol–water partition coefficient (Wildman–Crippen LogP) is 4.22. The van der Waals surface area contributed by atoms with E-state index in [0.717, 1.165) is 0 Å². The molecule has 1 aliphatic heterocycles. The Morgan fingerprint density at radius 1 is 1.14 bits per heavy atom. The second-order valence-electron chi connectivity index (χ2n) is 9.04. The molecule has 2 aromatic heterocycles. The highest BCUT2D eigenvalue weighted by molar-refractivity contribution is 6.33. The van der Waals surface area contributed by atoms with Crippen LogP contribution in [0.15, 0.2) is 18.3 Å². The van der Waals surface area contributed by atoms with E-state index in [1.165, 1.54) is 13.3 Å². The Morgan fingerprint density at radius 2 is 1.83 bits per heavy atom. The highest BCUT2D eigenvalue weighted by Crippen LogP contribution is 2.37. The van der Waals surface area contributed by atoms with Gasteiger partial charge < -0.3 is 15.0 Å². The fraction of sp³-hybridized carbons (Fsp3) is 0.565. The van der Waals surface area contributed by atoms with E-state index in [1.54, 1.807) is 17.0 Å². The van der Waals surface area contributed by atoms with E-state index in [1.807, 2.05) is 0 Å². The number of alkyl halides is 3. The maximum Gasteiger partial charge on any atom is 0.391 e. The number of nitrogens with zero attached hydrogens (tertiary/aromatic N) is 3. The maximum absolute atomic E-state index is 12.9. The number of methoxy groups -OCH3 is 1. The molecule has 1 aliphatic carbocycles. The summed E-state index contributed by atoms with van der Waals surface area (Å²) in [6.07, 6.45) is -0.972. The second-order valence-corrected chi connectivity index (χ2v) is 9.45. The molecular formula is C23H27ClF3N5O3. The third-order valence-corrected chi connectivity index (χ3v) is 7.11. The van der Waals surface area contributed by atoms with Gasteiger partial charge in [0.15, 0.2) is 0 Å². The van der Waals surface area contributed by atoms with Crippen LogP contribution < -0.4 is 10.1 Å². The molecule has 0 unspecified atom stereocenters. The first-order valence-electron chi connectivity index (χ1n) is 11.6. The van der Waals surface area contributed by atoms with Gasteiger partial charge in [0.25, 0.3) is 5.91 Å². The van der Waals surface area contributed by atoms with Crippen molar-refractivity contribution in [1.29, 1.82) is 0 Å². The molecule has 0 spiro atoms. The first kappa shape index (κ1) is 25.3. The van der Waals surface area contributed by atoms with Crippen molar-refractivity contribution in [1.82, 2.24) is 25.4 Å². The summed E-state index contributed by atoms with van der Waals surface area (Å²) in [6.45, 7) is 0.797. The molecule has 8 nitrogen and oxygen atoms in total. The zero-order chi connectivity index (χ0) is 25.2. The monoisotopic (exact) mass is 513 g/mol. The largest absolute Gasteiger partial charge is 0.481 e. The van der Waals surface area contributed by atoms with Crippen molar-refractivity contribution in [2.45, 2.75) is 50.7 Å². The Bertz CT molecular complexity index is 1060. The van der Waals surface area contributed by atoms with Gasteiger partial charge in [0.2, 0.25) is 11.8 Å². The third kappa shape index (κ3) is 5.88. The maximum atomic E-state index is 12.9. The van der Waals surface area contributed by atoms with Gasteiger partial charge in [0.05, 0.1) is 29.9 Å². The Labute approximate surface area is 205 Å². The fourth-order valence-corrected chi connectivity index (χ4v) is 4.90. The van der Waals surface area contributed by atoms with E-state index in [2.05, 4.69) is 20.5 Å². The molecule has 2 N–H and O–H groups in total. The van der Waals surface area contributed by atoms with Crippen molar-refractivity contribution in [2.24, 2.45) is 11.8 Å². The van der Waals surface area contributed by atoms with Crippen molar-refractivity contribution in [3.8, 4) is 17.1 Å². The zero-order valence-electron chi connectivity index (χ0n) is 19.2. The zero-order valence-corrected chi connectivity index (χ0v) is 20.0.